The van der Waals surface area contributed by atoms with E-state index in [9.17, 15) is 9.90 Å². The number of methoxy groups -OCH3 is 1. The molecule has 0 aromatic rings. The number of alkyl halides is 1. The lowest BCUT2D eigenvalue weighted by molar-refractivity contribution is -0.149. The molecule has 0 saturated carbocycles. The zero-order valence-electron chi connectivity index (χ0n) is 8.12. The number of carbonyl (C=O) groups excluding carboxylic acids is 1. The number of carbonyl (C=O) groups is 1. The molecule has 1 N–H and O–H groups in total. The third kappa shape index (κ3) is 4.48. The zero-order chi connectivity index (χ0) is 10.3. The maximum Gasteiger partial charge on any atom is 0.311 e. The van der Waals surface area contributed by atoms with Gasteiger partial charge in [-0.25, -0.2) is 0 Å². The molecule has 4 heteroatoms. The molecule has 0 fully saturated rings. The molecule has 0 aliphatic heterocycles. The van der Waals surface area contributed by atoms with Crippen LogP contribution in [0.2, 0.25) is 0 Å². The lowest BCUT2D eigenvalue weighted by atomic mass is 9.95. The molecule has 0 aliphatic carbocycles. The van der Waals surface area contributed by atoms with E-state index in [0.29, 0.717) is 18.7 Å². The molecule has 0 heterocycles. The average Bonchev–Trinajstić information content (AvgIpc) is 2.17. The smallest absolute Gasteiger partial charge is 0.311 e. The molecule has 0 aromatic heterocycles. The topological polar surface area (TPSA) is 46.5 Å². The predicted molar refractivity (Wildman–Crippen MR) is 51.8 cm³/mol. The van der Waals surface area contributed by atoms with Gasteiger partial charge in [0.25, 0.3) is 0 Å². The Kier molecular flexibility index (Phi) is 7.00. The summed E-state index contributed by atoms with van der Waals surface area (Å²) in [6.07, 6.45) is 1.25. The molecule has 0 rings (SSSR count). The molecule has 0 radical (unpaired) electrons. The van der Waals surface area contributed by atoms with E-state index in [4.69, 9.17) is 11.6 Å². The summed E-state index contributed by atoms with van der Waals surface area (Å²) in [5.74, 6) is -0.266. The monoisotopic (exact) mass is 208 g/mol. The first-order chi connectivity index (χ1) is 6.17. The standard InChI is InChI=1S/C9H17ClO3/c1-3-8(11)7(5-4-6-10)9(12)13-2/h7-8,11H,3-6H2,1-2H3. The van der Waals surface area contributed by atoms with Gasteiger partial charge in [0.05, 0.1) is 19.1 Å². The van der Waals surface area contributed by atoms with Gasteiger partial charge in [0.2, 0.25) is 0 Å². The number of rotatable bonds is 6. The van der Waals surface area contributed by atoms with Gasteiger partial charge in [-0.05, 0) is 19.3 Å². The van der Waals surface area contributed by atoms with Crippen LogP contribution in [0.3, 0.4) is 0 Å². The van der Waals surface area contributed by atoms with E-state index in [0.717, 1.165) is 6.42 Å². The minimum Gasteiger partial charge on any atom is -0.469 e. The number of aliphatic hydroxyl groups is 1. The first-order valence-corrected chi connectivity index (χ1v) is 5.02. The molecule has 0 aliphatic rings. The van der Waals surface area contributed by atoms with Gasteiger partial charge in [0.15, 0.2) is 0 Å². The Morgan fingerprint density at radius 1 is 1.62 bits per heavy atom. The second-order valence-electron chi connectivity index (χ2n) is 2.94. The van der Waals surface area contributed by atoms with Crippen molar-refractivity contribution < 1.29 is 14.6 Å². The highest BCUT2D eigenvalue weighted by Crippen LogP contribution is 2.16. The lowest BCUT2D eigenvalue weighted by Gasteiger charge is -2.18. The molecular formula is C9H17ClO3. The Bertz CT molecular complexity index is 150. The van der Waals surface area contributed by atoms with Crippen molar-refractivity contribution in [2.75, 3.05) is 13.0 Å². The second-order valence-corrected chi connectivity index (χ2v) is 3.31. The van der Waals surface area contributed by atoms with Crippen LogP contribution in [0.1, 0.15) is 26.2 Å². The van der Waals surface area contributed by atoms with Crippen LogP contribution in [0.5, 0.6) is 0 Å². The van der Waals surface area contributed by atoms with Gasteiger partial charge < -0.3 is 9.84 Å². The molecule has 0 amide bonds. The van der Waals surface area contributed by atoms with Crippen LogP contribution in [0.15, 0.2) is 0 Å². The first kappa shape index (κ1) is 12.7. The second kappa shape index (κ2) is 7.15. The molecule has 78 valence electrons. The number of halogens is 1. The molecule has 13 heavy (non-hydrogen) atoms. The van der Waals surface area contributed by atoms with Crippen molar-refractivity contribution in [1.82, 2.24) is 0 Å². The summed E-state index contributed by atoms with van der Waals surface area (Å²) < 4.78 is 4.59. The Morgan fingerprint density at radius 3 is 2.62 bits per heavy atom. The summed E-state index contributed by atoms with van der Waals surface area (Å²) in [6.45, 7) is 1.83. The van der Waals surface area contributed by atoms with Gasteiger partial charge in [0.1, 0.15) is 0 Å². The summed E-state index contributed by atoms with van der Waals surface area (Å²) in [4.78, 5) is 11.2. The third-order valence-electron chi connectivity index (χ3n) is 2.04. The van der Waals surface area contributed by atoms with Crippen molar-refractivity contribution in [2.45, 2.75) is 32.3 Å². The van der Waals surface area contributed by atoms with Gasteiger partial charge in [0, 0.05) is 5.88 Å². The Labute approximate surface area is 84.0 Å². The summed E-state index contributed by atoms with van der Waals surface area (Å²) in [5.41, 5.74) is 0. The lowest BCUT2D eigenvalue weighted by Crippen LogP contribution is -2.28. The van der Waals surface area contributed by atoms with E-state index in [-0.39, 0.29) is 5.97 Å². The minimum atomic E-state index is -0.615. The number of esters is 1. The molecule has 0 spiro atoms. The van der Waals surface area contributed by atoms with E-state index in [1.54, 1.807) is 0 Å². The van der Waals surface area contributed by atoms with Crippen molar-refractivity contribution in [3.8, 4) is 0 Å². The molecule has 3 nitrogen and oxygen atoms in total. The number of hydrogen-bond acceptors (Lipinski definition) is 3. The Hall–Kier alpha value is -0.280. The summed E-state index contributed by atoms with van der Waals surface area (Å²) in [5, 5.41) is 9.50. The van der Waals surface area contributed by atoms with Crippen molar-refractivity contribution in [2.24, 2.45) is 5.92 Å². The van der Waals surface area contributed by atoms with Crippen LogP contribution in [0, 0.1) is 5.92 Å². The largest absolute Gasteiger partial charge is 0.469 e. The van der Waals surface area contributed by atoms with Crippen molar-refractivity contribution in [3.05, 3.63) is 0 Å². The quantitative estimate of drug-likeness (QED) is 0.533. The number of ether oxygens (including phenoxy) is 1. The van der Waals surface area contributed by atoms with Crippen LogP contribution in [0.25, 0.3) is 0 Å². The molecule has 0 aromatic carbocycles. The van der Waals surface area contributed by atoms with Crippen LogP contribution < -0.4 is 0 Å². The highest BCUT2D eigenvalue weighted by molar-refractivity contribution is 6.17. The maximum absolute atomic E-state index is 11.2. The molecule has 2 unspecified atom stereocenters. The average molecular weight is 209 g/mol. The van der Waals surface area contributed by atoms with E-state index < -0.39 is 12.0 Å². The number of hydrogen-bond donors (Lipinski definition) is 1. The molecule has 2 atom stereocenters. The van der Waals surface area contributed by atoms with Crippen molar-refractivity contribution in [1.29, 1.82) is 0 Å². The van der Waals surface area contributed by atoms with E-state index >= 15 is 0 Å². The van der Waals surface area contributed by atoms with Gasteiger partial charge in [-0.1, -0.05) is 6.92 Å². The fraction of sp³-hybridized carbons (Fsp3) is 0.889. The molecular weight excluding hydrogens is 192 g/mol. The molecule has 0 bridgehead atoms. The summed E-state index contributed by atoms with van der Waals surface area (Å²) in [7, 11) is 1.33. The SMILES string of the molecule is CCC(O)C(CCCCl)C(=O)OC. The minimum absolute atomic E-state index is 0.348. The normalized spacial score (nSPS) is 15.1. The third-order valence-corrected chi connectivity index (χ3v) is 2.30. The van der Waals surface area contributed by atoms with Crippen molar-refractivity contribution in [3.63, 3.8) is 0 Å². The fourth-order valence-corrected chi connectivity index (χ4v) is 1.35. The Balaban J connectivity index is 4.09. The number of aliphatic hydroxyl groups excluding tert-OH is 1. The van der Waals surface area contributed by atoms with Crippen LogP contribution >= 0.6 is 11.6 Å². The van der Waals surface area contributed by atoms with Gasteiger partial charge >= 0.3 is 5.97 Å². The van der Waals surface area contributed by atoms with Gasteiger partial charge in [-0.15, -0.1) is 11.6 Å². The van der Waals surface area contributed by atoms with E-state index in [1.807, 2.05) is 6.92 Å². The highest BCUT2D eigenvalue weighted by atomic mass is 35.5. The van der Waals surface area contributed by atoms with Crippen LogP contribution in [-0.4, -0.2) is 30.2 Å². The molecule has 0 saturated heterocycles. The predicted octanol–water partition coefficient (Wildman–Crippen LogP) is 1.57. The van der Waals surface area contributed by atoms with Gasteiger partial charge in [-0.2, -0.15) is 0 Å². The highest BCUT2D eigenvalue weighted by Gasteiger charge is 2.25. The summed E-state index contributed by atoms with van der Waals surface area (Å²) >= 11 is 5.51. The van der Waals surface area contributed by atoms with Crippen LogP contribution in [0.4, 0.5) is 0 Å². The van der Waals surface area contributed by atoms with Crippen molar-refractivity contribution >= 4 is 17.6 Å². The van der Waals surface area contributed by atoms with Gasteiger partial charge in [-0.3, -0.25) is 4.79 Å². The summed E-state index contributed by atoms with van der Waals surface area (Å²) in [6, 6.07) is 0. The fourth-order valence-electron chi connectivity index (χ4n) is 1.20. The van der Waals surface area contributed by atoms with E-state index in [1.165, 1.54) is 7.11 Å². The zero-order valence-corrected chi connectivity index (χ0v) is 8.88. The van der Waals surface area contributed by atoms with Crippen LogP contribution in [-0.2, 0) is 9.53 Å². The maximum atomic E-state index is 11.2. The Morgan fingerprint density at radius 2 is 2.23 bits per heavy atom. The van der Waals surface area contributed by atoms with E-state index in [2.05, 4.69) is 4.74 Å². The first-order valence-electron chi connectivity index (χ1n) is 4.49.